The maximum absolute atomic E-state index is 12.0. The Hall–Kier alpha value is -1.88. The molecule has 0 bridgehead atoms. The highest BCUT2D eigenvalue weighted by atomic mass is 32.1. The van der Waals surface area contributed by atoms with Gasteiger partial charge >= 0.3 is 0 Å². The molecule has 1 N–H and O–H groups in total. The molecule has 4 nitrogen and oxygen atoms in total. The molecule has 0 fully saturated rings. The molecule has 0 radical (unpaired) electrons. The minimum Gasteiger partial charge on any atom is -0.481 e. The van der Waals surface area contributed by atoms with Gasteiger partial charge in [0.25, 0.3) is 5.91 Å². The van der Waals surface area contributed by atoms with Crippen LogP contribution in [0.25, 0.3) is 0 Å². The first-order valence-corrected chi connectivity index (χ1v) is 7.72. The molecule has 2 rings (SSSR count). The van der Waals surface area contributed by atoms with Crippen molar-refractivity contribution < 1.29 is 9.53 Å². The molecule has 2 aromatic rings. The van der Waals surface area contributed by atoms with Gasteiger partial charge in [-0.25, -0.2) is 4.98 Å². The predicted octanol–water partition coefficient (Wildman–Crippen LogP) is 3.85. The summed E-state index contributed by atoms with van der Waals surface area (Å²) in [5.74, 6) is 0.496. The maximum Gasteiger partial charge on any atom is 0.266 e. The van der Waals surface area contributed by atoms with Crippen molar-refractivity contribution in [3.63, 3.8) is 0 Å². The molecule has 0 aliphatic heterocycles. The van der Waals surface area contributed by atoms with Gasteiger partial charge in [0.05, 0.1) is 0 Å². The number of nitrogens with zero attached hydrogens (tertiary/aromatic N) is 1. The Morgan fingerprint density at radius 2 is 2.14 bits per heavy atom. The highest BCUT2D eigenvalue weighted by molar-refractivity contribution is 7.13. The van der Waals surface area contributed by atoms with Crippen molar-refractivity contribution >= 4 is 22.4 Å². The number of anilines is 1. The van der Waals surface area contributed by atoms with Crippen LogP contribution < -0.4 is 10.1 Å². The lowest BCUT2D eigenvalue weighted by Crippen LogP contribution is -2.30. The van der Waals surface area contributed by atoms with E-state index in [4.69, 9.17) is 4.74 Å². The van der Waals surface area contributed by atoms with E-state index in [9.17, 15) is 4.79 Å². The normalized spacial score (nSPS) is 12.8. The lowest BCUT2D eigenvalue weighted by atomic mass is 9.87. The van der Waals surface area contributed by atoms with Crippen LogP contribution in [0, 0.1) is 0 Å². The number of carbonyl (C=O) groups is 1. The van der Waals surface area contributed by atoms with Crippen LogP contribution in [0.1, 0.15) is 33.3 Å². The molecule has 1 heterocycles. The van der Waals surface area contributed by atoms with Gasteiger partial charge in [0.1, 0.15) is 5.75 Å². The van der Waals surface area contributed by atoms with Crippen LogP contribution in [-0.2, 0) is 10.2 Å². The number of ether oxygens (including phenoxy) is 1. The molecule has 0 aliphatic carbocycles. The fraction of sp³-hybridized carbons (Fsp3) is 0.375. The zero-order valence-electron chi connectivity index (χ0n) is 12.7. The van der Waals surface area contributed by atoms with Crippen LogP contribution in [0.3, 0.4) is 0 Å². The Bertz CT molecular complexity index is 603. The van der Waals surface area contributed by atoms with Crippen LogP contribution in [-0.4, -0.2) is 17.0 Å². The van der Waals surface area contributed by atoms with Crippen LogP contribution >= 0.6 is 11.3 Å². The summed E-state index contributed by atoms with van der Waals surface area (Å²) in [7, 11) is 0. The number of carbonyl (C=O) groups excluding carboxylic acids is 1. The van der Waals surface area contributed by atoms with E-state index < -0.39 is 6.10 Å². The monoisotopic (exact) mass is 304 g/mol. The van der Waals surface area contributed by atoms with E-state index >= 15 is 0 Å². The second-order valence-corrected chi connectivity index (χ2v) is 6.76. The first kappa shape index (κ1) is 15.5. The highest BCUT2D eigenvalue weighted by Gasteiger charge is 2.18. The molecule has 0 saturated carbocycles. The summed E-state index contributed by atoms with van der Waals surface area (Å²) in [5, 5.41) is 5.13. The molecule has 1 amide bonds. The van der Waals surface area contributed by atoms with Crippen LogP contribution in [0.15, 0.2) is 35.8 Å². The minimum absolute atomic E-state index is 0.0474. The number of amides is 1. The average Bonchev–Trinajstić information content (AvgIpc) is 2.91. The molecule has 0 unspecified atom stereocenters. The molecule has 1 atom stereocenters. The Kier molecular flexibility index (Phi) is 4.63. The van der Waals surface area contributed by atoms with Crippen molar-refractivity contribution in [1.29, 1.82) is 0 Å². The van der Waals surface area contributed by atoms with E-state index in [2.05, 4.69) is 37.1 Å². The second kappa shape index (κ2) is 6.26. The third kappa shape index (κ3) is 4.29. The first-order chi connectivity index (χ1) is 9.86. The van der Waals surface area contributed by atoms with Crippen LogP contribution in [0.4, 0.5) is 5.13 Å². The maximum atomic E-state index is 12.0. The number of rotatable bonds is 4. The largest absolute Gasteiger partial charge is 0.481 e. The van der Waals surface area contributed by atoms with Gasteiger partial charge in [-0.3, -0.25) is 10.1 Å². The fourth-order valence-electron chi connectivity index (χ4n) is 1.79. The van der Waals surface area contributed by atoms with Gasteiger partial charge in [-0.2, -0.15) is 0 Å². The van der Waals surface area contributed by atoms with Crippen LogP contribution in [0.5, 0.6) is 5.75 Å². The zero-order chi connectivity index (χ0) is 15.5. The van der Waals surface area contributed by atoms with Gasteiger partial charge in [0.2, 0.25) is 0 Å². The van der Waals surface area contributed by atoms with Crippen molar-refractivity contribution in [2.75, 3.05) is 5.32 Å². The molecule has 1 aromatic carbocycles. The SMILES string of the molecule is C[C@H](Oc1cccc(C(C)(C)C)c1)C(=O)Nc1nccs1. The number of hydrogen-bond acceptors (Lipinski definition) is 4. The zero-order valence-corrected chi connectivity index (χ0v) is 13.5. The van der Waals surface area contributed by atoms with E-state index in [0.29, 0.717) is 10.9 Å². The highest BCUT2D eigenvalue weighted by Crippen LogP contribution is 2.26. The summed E-state index contributed by atoms with van der Waals surface area (Å²) >= 11 is 1.38. The van der Waals surface area contributed by atoms with E-state index in [-0.39, 0.29) is 11.3 Å². The van der Waals surface area contributed by atoms with Crippen molar-refractivity contribution in [3.05, 3.63) is 41.4 Å². The lowest BCUT2D eigenvalue weighted by molar-refractivity contribution is -0.122. The molecular formula is C16H20N2O2S. The summed E-state index contributed by atoms with van der Waals surface area (Å²) in [6, 6.07) is 7.85. The van der Waals surface area contributed by atoms with Crippen molar-refractivity contribution in [1.82, 2.24) is 4.98 Å². The number of nitrogens with one attached hydrogen (secondary N) is 1. The Balaban J connectivity index is 2.02. The number of benzene rings is 1. The van der Waals surface area contributed by atoms with Gasteiger partial charge in [0, 0.05) is 11.6 Å². The fourth-order valence-corrected chi connectivity index (χ4v) is 2.32. The van der Waals surface area contributed by atoms with Gasteiger partial charge in [-0.1, -0.05) is 32.9 Å². The molecule has 21 heavy (non-hydrogen) atoms. The average molecular weight is 304 g/mol. The van der Waals surface area contributed by atoms with Gasteiger partial charge in [-0.15, -0.1) is 11.3 Å². The summed E-state index contributed by atoms with van der Waals surface area (Å²) in [6.45, 7) is 8.16. The van der Waals surface area contributed by atoms with E-state index in [1.807, 2.05) is 23.6 Å². The summed E-state index contributed by atoms with van der Waals surface area (Å²) in [4.78, 5) is 16.1. The molecule has 1 aromatic heterocycles. The number of hydrogen-bond donors (Lipinski definition) is 1. The van der Waals surface area contributed by atoms with E-state index in [0.717, 1.165) is 0 Å². The second-order valence-electron chi connectivity index (χ2n) is 5.86. The minimum atomic E-state index is -0.580. The predicted molar refractivity (Wildman–Crippen MR) is 86.0 cm³/mol. The standard InChI is InChI=1S/C16H20N2O2S/c1-11(14(19)18-15-17-8-9-21-15)20-13-7-5-6-12(10-13)16(2,3)4/h5-11H,1-4H3,(H,17,18,19)/t11-/m0/s1. The van der Waals surface area contributed by atoms with E-state index in [1.54, 1.807) is 13.1 Å². The Morgan fingerprint density at radius 3 is 2.76 bits per heavy atom. The molecular weight excluding hydrogens is 284 g/mol. The van der Waals surface area contributed by atoms with Crippen molar-refractivity contribution in [3.8, 4) is 5.75 Å². The topological polar surface area (TPSA) is 51.2 Å². The Labute approximate surface area is 129 Å². The summed E-state index contributed by atoms with van der Waals surface area (Å²) in [6.07, 6.45) is 1.07. The first-order valence-electron chi connectivity index (χ1n) is 6.84. The van der Waals surface area contributed by atoms with Crippen molar-refractivity contribution in [2.24, 2.45) is 0 Å². The number of aromatic nitrogens is 1. The van der Waals surface area contributed by atoms with Crippen LogP contribution in [0.2, 0.25) is 0 Å². The summed E-state index contributed by atoms with van der Waals surface area (Å²) < 4.78 is 5.73. The van der Waals surface area contributed by atoms with Gasteiger partial charge < -0.3 is 4.74 Å². The van der Waals surface area contributed by atoms with Gasteiger partial charge in [-0.05, 0) is 30.0 Å². The summed E-state index contributed by atoms with van der Waals surface area (Å²) in [5.41, 5.74) is 1.22. The van der Waals surface area contributed by atoms with Crippen molar-refractivity contribution in [2.45, 2.75) is 39.2 Å². The smallest absolute Gasteiger partial charge is 0.266 e. The third-order valence-corrected chi connectivity index (χ3v) is 3.73. The molecule has 112 valence electrons. The third-order valence-electron chi connectivity index (χ3n) is 3.04. The lowest BCUT2D eigenvalue weighted by Gasteiger charge is -2.21. The van der Waals surface area contributed by atoms with E-state index in [1.165, 1.54) is 16.9 Å². The number of thiazole rings is 1. The molecule has 0 aliphatic rings. The molecule has 5 heteroatoms. The quantitative estimate of drug-likeness (QED) is 0.933. The molecule has 0 spiro atoms. The molecule has 0 saturated heterocycles. The Morgan fingerprint density at radius 1 is 1.38 bits per heavy atom. The van der Waals surface area contributed by atoms with Gasteiger partial charge in [0.15, 0.2) is 11.2 Å².